The molecule has 0 aliphatic carbocycles. The number of hydrogen-bond donors (Lipinski definition) is 1. The van der Waals surface area contributed by atoms with Crippen LogP contribution < -0.4 is 0 Å². The highest BCUT2D eigenvalue weighted by Crippen LogP contribution is 2.41. The van der Waals surface area contributed by atoms with Crippen LogP contribution in [-0.4, -0.2) is 35.5 Å². The second-order valence-corrected chi connectivity index (χ2v) is 6.05. The van der Waals surface area contributed by atoms with Gasteiger partial charge in [-0.2, -0.15) is 0 Å². The van der Waals surface area contributed by atoms with Gasteiger partial charge in [0.25, 0.3) is 0 Å². The van der Waals surface area contributed by atoms with Crippen LogP contribution in [-0.2, 0) is 9.47 Å². The van der Waals surface area contributed by atoms with Gasteiger partial charge in [-0.05, 0) is 50.7 Å². The van der Waals surface area contributed by atoms with Crippen molar-refractivity contribution in [3.05, 3.63) is 29.6 Å². The Labute approximate surface area is 120 Å². The van der Waals surface area contributed by atoms with Gasteiger partial charge in [0.2, 0.25) is 0 Å². The lowest BCUT2D eigenvalue weighted by atomic mass is 9.78. The third kappa shape index (κ3) is 2.87. The molecule has 20 heavy (non-hydrogen) atoms. The molecule has 1 aromatic heterocycles. The number of aliphatic hydroxyl groups excluding tert-OH is 1. The highest BCUT2D eigenvalue weighted by Gasteiger charge is 2.41. The van der Waals surface area contributed by atoms with Crippen molar-refractivity contribution in [2.45, 2.75) is 44.3 Å². The molecule has 3 rings (SSSR count). The first-order valence-electron chi connectivity index (χ1n) is 7.52. The van der Waals surface area contributed by atoms with Gasteiger partial charge in [0, 0.05) is 25.5 Å². The number of aromatic nitrogens is 1. The Hall–Kier alpha value is -0.970. The second-order valence-electron chi connectivity index (χ2n) is 6.05. The lowest BCUT2D eigenvalue weighted by Crippen LogP contribution is -2.45. The largest absolute Gasteiger partial charge is 0.387 e. The fourth-order valence-corrected chi connectivity index (χ4v) is 3.40. The van der Waals surface area contributed by atoms with Crippen molar-refractivity contribution in [2.24, 2.45) is 5.92 Å². The Kier molecular flexibility index (Phi) is 4.06. The molecule has 2 aliphatic heterocycles. The van der Waals surface area contributed by atoms with Crippen molar-refractivity contribution < 1.29 is 14.6 Å². The molecule has 1 aromatic rings. The zero-order chi connectivity index (χ0) is 14.0. The summed E-state index contributed by atoms with van der Waals surface area (Å²) in [5.74, 6) is 0.233. The van der Waals surface area contributed by atoms with E-state index in [9.17, 15) is 5.11 Å². The number of ether oxygens (including phenoxy) is 2. The summed E-state index contributed by atoms with van der Waals surface area (Å²) in [5.41, 5.74) is 1.67. The first-order valence-corrected chi connectivity index (χ1v) is 7.52. The predicted octanol–water partition coefficient (Wildman–Crippen LogP) is 2.40. The molecule has 0 bridgehead atoms. The maximum absolute atomic E-state index is 10.6. The summed E-state index contributed by atoms with van der Waals surface area (Å²) in [6.07, 6.45) is 3.21. The smallest absolute Gasteiger partial charge is 0.0989 e. The monoisotopic (exact) mass is 277 g/mol. The second kappa shape index (κ2) is 5.80. The molecule has 2 atom stereocenters. The third-order valence-corrected chi connectivity index (χ3v) is 4.59. The van der Waals surface area contributed by atoms with Crippen molar-refractivity contribution in [2.75, 3.05) is 19.8 Å². The van der Waals surface area contributed by atoms with E-state index in [0.29, 0.717) is 0 Å². The molecule has 2 fully saturated rings. The Balaban J connectivity index is 1.73. The number of aryl methyl sites for hydroxylation is 1. The van der Waals surface area contributed by atoms with E-state index in [-0.39, 0.29) is 11.5 Å². The molecule has 1 N–H and O–H groups in total. The minimum Gasteiger partial charge on any atom is -0.387 e. The van der Waals surface area contributed by atoms with Crippen molar-refractivity contribution in [1.82, 2.24) is 4.98 Å². The summed E-state index contributed by atoms with van der Waals surface area (Å²) in [7, 11) is 0. The van der Waals surface area contributed by atoms with Crippen LogP contribution in [0.5, 0.6) is 0 Å². The Morgan fingerprint density at radius 1 is 1.30 bits per heavy atom. The molecule has 3 heterocycles. The molecule has 4 nitrogen and oxygen atoms in total. The van der Waals surface area contributed by atoms with Gasteiger partial charge < -0.3 is 14.6 Å². The maximum atomic E-state index is 10.6. The molecule has 0 amide bonds. The number of hydrogen-bond acceptors (Lipinski definition) is 4. The number of aliphatic hydroxyl groups is 1. The highest BCUT2D eigenvalue weighted by molar-refractivity contribution is 5.13. The van der Waals surface area contributed by atoms with Crippen molar-refractivity contribution in [3.8, 4) is 0 Å². The van der Waals surface area contributed by atoms with Gasteiger partial charge in [-0.1, -0.05) is 6.07 Å². The summed E-state index contributed by atoms with van der Waals surface area (Å²) in [5, 5.41) is 10.6. The Morgan fingerprint density at radius 2 is 2.10 bits per heavy atom. The van der Waals surface area contributed by atoms with Gasteiger partial charge in [-0.3, -0.25) is 4.98 Å². The molecular weight excluding hydrogens is 254 g/mol. The van der Waals surface area contributed by atoms with Crippen LogP contribution in [0.4, 0.5) is 0 Å². The van der Waals surface area contributed by atoms with Crippen molar-refractivity contribution in [1.29, 1.82) is 0 Å². The van der Waals surface area contributed by atoms with Gasteiger partial charge in [-0.15, -0.1) is 0 Å². The Morgan fingerprint density at radius 3 is 2.85 bits per heavy atom. The van der Waals surface area contributed by atoms with E-state index < -0.39 is 6.10 Å². The lowest BCUT2D eigenvalue weighted by molar-refractivity contribution is -0.159. The fraction of sp³-hybridized carbons (Fsp3) is 0.688. The summed E-state index contributed by atoms with van der Waals surface area (Å²) in [4.78, 5) is 4.47. The van der Waals surface area contributed by atoms with Crippen LogP contribution >= 0.6 is 0 Å². The minimum atomic E-state index is -0.487. The van der Waals surface area contributed by atoms with E-state index in [2.05, 4.69) is 4.98 Å². The van der Waals surface area contributed by atoms with Crippen molar-refractivity contribution >= 4 is 0 Å². The van der Waals surface area contributed by atoms with Crippen LogP contribution in [0.2, 0.25) is 0 Å². The number of rotatable bonds is 2. The maximum Gasteiger partial charge on any atom is 0.0989 e. The average molecular weight is 277 g/mol. The topological polar surface area (TPSA) is 51.6 Å². The summed E-state index contributed by atoms with van der Waals surface area (Å²) in [6, 6.07) is 5.84. The molecular formula is C16H23NO3. The molecule has 2 aliphatic rings. The molecule has 1 spiro atoms. The van der Waals surface area contributed by atoms with E-state index in [4.69, 9.17) is 9.47 Å². The van der Waals surface area contributed by atoms with Crippen LogP contribution in [0.3, 0.4) is 0 Å². The molecule has 2 unspecified atom stereocenters. The minimum absolute atomic E-state index is 0.0774. The molecule has 4 heteroatoms. The van der Waals surface area contributed by atoms with Crippen LogP contribution in [0.1, 0.15) is 43.2 Å². The van der Waals surface area contributed by atoms with E-state index in [1.807, 2.05) is 25.1 Å². The number of pyridine rings is 1. The van der Waals surface area contributed by atoms with E-state index in [1.165, 1.54) is 0 Å². The van der Waals surface area contributed by atoms with E-state index in [1.54, 1.807) is 0 Å². The lowest BCUT2D eigenvalue weighted by Gasteiger charge is -2.44. The zero-order valence-corrected chi connectivity index (χ0v) is 12.0. The van der Waals surface area contributed by atoms with Crippen molar-refractivity contribution in [3.63, 3.8) is 0 Å². The van der Waals surface area contributed by atoms with Gasteiger partial charge in [0.05, 0.1) is 17.4 Å². The zero-order valence-electron chi connectivity index (χ0n) is 12.0. The van der Waals surface area contributed by atoms with Crippen LogP contribution in [0, 0.1) is 12.8 Å². The molecule has 0 aromatic carbocycles. The SMILES string of the molecule is Cc1cccc(C(O)C2CCOC3(CCOCC3)C2)n1. The predicted molar refractivity (Wildman–Crippen MR) is 75.4 cm³/mol. The normalized spacial score (nSPS) is 27.4. The fourth-order valence-electron chi connectivity index (χ4n) is 3.40. The van der Waals surface area contributed by atoms with Crippen LogP contribution in [0.25, 0.3) is 0 Å². The van der Waals surface area contributed by atoms with E-state index in [0.717, 1.165) is 56.9 Å². The van der Waals surface area contributed by atoms with Crippen LogP contribution in [0.15, 0.2) is 18.2 Å². The van der Waals surface area contributed by atoms with Gasteiger partial charge >= 0.3 is 0 Å². The van der Waals surface area contributed by atoms with Gasteiger partial charge in [-0.25, -0.2) is 0 Å². The molecule has 2 saturated heterocycles. The first-order chi connectivity index (χ1) is 9.69. The summed E-state index contributed by atoms with van der Waals surface area (Å²) >= 11 is 0. The summed E-state index contributed by atoms with van der Waals surface area (Å²) < 4.78 is 11.5. The van der Waals surface area contributed by atoms with E-state index >= 15 is 0 Å². The third-order valence-electron chi connectivity index (χ3n) is 4.59. The van der Waals surface area contributed by atoms with Gasteiger partial charge in [0.15, 0.2) is 0 Å². The Bertz CT molecular complexity index is 451. The standard InChI is InChI=1S/C16H23NO3/c1-12-3-2-4-14(17-12)15(18)13-5-8-20-16(11-13)6-9-19-10-7-16/h2-4,13,15,18H,5-11H2,1H3. The number of nitrogens with zero attached hydrogens (tertiary/aromatic N) is 1. The molecule has 0 saturated carbocycles. The highest BCUT2D eigenvalue weighted by atomic mass is 16.5. The molecule has 0 radical (unpaired) electrons. The quantitative estimate of drug-likeness (QED) is 0.902. The average Bonchev–Trinajstić information content (AvgIpc) is 2.47. The molecule has 110 valence electrons. The summed E-state index contributed by atoms with van der Waals surface area (Å²) in [6.45, 7) is 4.23. The van der Waals surface area contributed by atoms with Gasteiger partial charge in [0.1, 0.15) is 0 Å². The first kappa shape index (κ1) is 14.0.